The number of anilines is 1. The number of benzene rings is 3. The third kappa shape index (κ3) is 9.61. The highest BCUT2D eigenvalue weighted by molar-refractivity contribution is 7.92. The smallest absolute Gasteiger partial charge is 0.243 e. The van der Waals surface area contributed by atoms with E-state index >= 15 is 0 Å². The van der Waals surface area contributed by atoms with Crippen molar-refractivity contribution in [1.29, 1.82) is 0 Å². The molecule has 0 saturated heterocycles. The maximum absolute atomic E-state index is 13.9. The third-order valence-electron chi connectivity index (χ3n) is 6.87. The van der Waals surface area contributed by atoms with E-state index in [1.807, 2.05) is 81.4 Å². The molecule has 0 fully saturated rings. The van der Waals surface area contributed by atoms with Gasteiger partial charge in [-0.2, -0.15) is 0 Å². The minimum Gasteiger partial charge on any atom is -0.354 e. The quantitative estimate of drug-likeness (QED) is 0.259. The Bertz CT molecular complexity index is 1410. The Morgan fingerprint density at radius 1 is 0.951 bits per heavy atom. The molecule has 3 aromatic rings. The maximum atomic E-state index is 13.9. The Labute approximate surface area is 249 Å². The Kier molecular flexibility index (Phi) is 11.8. The molecule has 3 aromatic carbocycles. The minimum atomic E-state index is -3.58. The first-order chi connectivity index (χ1) is 19.5. The molecule has 2 amide bonds. The fraction of sp³-hybridized carbons (Fsp3) is 0.375. The Hall–Kier alpha value is -3.36. The van der Waals surface area contributed by atoms with E-state index in [-0.39, 0.29) is 31.3 Å². The van der Waals surface area contributed by atoms with Gasteiger partial charge in [0.05, 0.1) is 11.9 Å². The van der Waals surface area contributed by atoms with Crippen LogP contribution in [0.15, 0.2) is 72.8 Å². The van der Waals surface area contributed by atoms with Crippen molar-refractivity contribution in [2.45, 2.75) is 59.0 Å². The molecule has 3 rings (SSSR count). The Morgan fingerprint density at radius 3 is 2.27 bits per heavy atom. The van der Waals surface area contributed by atoms with Crippen molar-refractivity contribution in [2.24, 2.45) is 0 Å². The van der Waals surface area contributed by atoms with Crippen LogP contribution in [0.4, 0.5) is 5.69 Å². The fourth-order valence-electron chi connectivity index (χ4n) is 4.68. The van der Waals surface area contributed by atoms with Gasteiger partial charge in [0.1, 0.15) is 6.04 Å². The number of carbonyl (C=O) groups is 2. The minimum absolute atomic E-state index is 0.0802. The summed E-state index contributed by atoms with van der Waals surface area (Å²) < 4.78 is 26.8. The number of halogens is 1. The van der Waals surface area contributed by atoms with Crippen LogP contribution < -0.4 is 9.62 Å². The molecule has 0 heterocycles. The molecule has 9 heteroatoms. The Morgan fingerprint density at radius 2 is 1.63 bits per heavy atom. The van der Waals surface area contributed by atoms with Crippen LogP contribution in [-0.4, -0.2) is 50.5 Å². The standard InChI is InChI=1S/C32H40ClN3O4S/c1-5-19-34-32(38)30(22-26-10-7-6-8-11-26)35(23-27-15-17-28(33)18-16-27)31(37)12-9-20-36(41(4,39)40)29-21-24(2)13-14-25(29)3/h6-8,10-11,13-18,21,30H,5,9,12,19-20,22-23H2,1-4H3,(H,34,38)/t30-/m1/s1. The normalized spacial score (nSPS) is 12.0. The van der Waals surface area contributed by atoms with Crippen molar-refractivity contribution in [3.63, 3.8) is 0 Å². The molecule has 0 radical (unpaired) electrons. The van der Waals surface area contributed by atoms with Gasteiger partial charge in [-0.3, -0.25) is 13.9 Å². The largest absolute Gasteiger partial charge is 0.354 e. The summed E-state index contributed by atoms with van der Waals surface area (Å²) in [7, 11) is -3.58. The molecule has 0 saturated carbocycles. The van der Waals surface area contributed by atoms with Crippen LogP contribution in [0.1, 0.15) is 48.4 Å². The van der Waals surface area contributed by atoms with E-state index in [4.69, 9.17) is 11.6 Å². The molecule has 1 N–H and O–H groups in total. The van der Waals surface area contributed by atoms with Gasteiger partial charge in [-0.05, 0) is 67.1 Å². The second-order valence-electron chi connectivity index (χ2n) is 10.4. The molecule has 0 spiro atoms. The zero-order valence-corrected chi connectivity index (χ0v) is 25.8. The number of sulfonamides is 1. The van der Waals surface area contributed by atoms with E-state index in [1.165, 1.54) is 10.6 Å². The van der Waals surface area contributed by atoms with E-state index in [0.29, 0.717) is 30.1 Å². The summed E-state index contributed by atoms with van der Waals surface area (Å²) >= 11 is 6.10. The number of carbonyl (C=O) groups excluding carboxylic acids is 2. The van der Waals surface area contributed by atoms with Crippen LogP contribution in [0, 0.1) is 13.8 Å². The average molecular weight is 598 g/mol. The Balaban J connectivity index is 1.88. The van der Waals surface area contributed by atoms with Gasteiger partial charge < -0.3 is 10.2 Å². The molecule has 0 bridgehead atoms. The zero-order valence-electron chi connectivity index (χ0n) is 24.3. The van der Waals surface area contributed by atoms with Crippen LogP contribution in [0.2, 0.25) is 5.02 Å². The van der Waals surface area contributed by atoms with Crippen LogP contribution in [0.25, 0.3) is 0 Å². The van der Waals surface area contributed by atoms with Crippen molar-refractivity contribution in [3.05, 3.63) is 100 Å². The lowest BCUT2D eigenvalue weighted by molar-refractivity contribution is -0.141. The molecule has 0 aliphatic rings. The van der Waals surface area contributed by atoms with Crippen molar-refractivity contribution in [3.8, 4) is 0 Å². The molecule has 0 aromatic heterocycles. The van der Waals surface area contributed by atoms with E-state index in [9.17, 15) is 18.0 Å². The summed E-state index contributed by atoms with van der Waals surface area (Å²) in [6.07, 6.45) is 2.68. The maximum Gasteiger partial charge on any atom is 0.243 e. The molecule has 0 unspecified atom stereocenters. The summed E-state index contributed by atoms with van der Waals surface area (Å²) in [5, 5.41) is 3.55. The number of nitrogens with zero attached hydrogens (tertiary/aromatic N) is 2. The van der Waals surface area contributed by atoms with Crippen LogP contribution in [0.3, 0.4) is 0 Å². The summed E-state index contributed by atoms with van der Waals surface area (Å²) in [6.45, 7) is 6.64. The number of nitrogens with one attached hydrogen (secondary N) is 1. The van der Waals surface area contributed by atoms with Crippen molar-refractivity contribution >= 4 is 39.1 Å². The van der Waals surface area contributed by atoms with E-state index in [0.717, 1.165) is 28.7 Å². The highest BCUT2D eigenvalue weighted by atomic mass is 35.5. The van der Waals surface area contributed by atoms with Gasteiger partial charge in [0.25, 0.3) is 0 Å². The van der Waals surface area contributed by atoms with Gasteiger partial charge in [-0.15, -0.1) is 0 Å². The molecule has 1 atom stereocenters. The highest BCUT2D eigenvalue weighted by Gasteiger charge is 2.30. The zero-order chi connectivity index (χ0) is 30.0. The molecule has 0 aliphatic heterocycles. The molecule has 220 valence electrons. The summed E-state index contributed by atoms with van der Waals surface area (Å²) in [5.74, 6) is -0.437. The summed E-state index contributed by atoms with van der Waals surface area (Å²) in [5.41, 5.74) is 4.19. The summed E-state index contributed by atoms with van der Waals surface area (Å²) in [6, 6.07) is 21.8. The second kappa shape index (κ2) is 15.0. The molecule has 7 nitrogen and oxygen atoms in total. The molecular weight excluding hydrogens is 558 g/mol. The number of hydrogen-bond acceptors (Lipinski definition) is 4. The lowest BCUT2D eigenvalue weighted by Crippen LogP contribution is -2.50. The van der Waals surface area contributed by atoms with Crippen molar-refractivity contribution < 1.29 is 18.0 Å². The first-order valence-corrected chi connectivity index (χ1v) is 16.1. The van der Waals surface area contributed by atoms with E-state index < -0.39 is 16.1 Å². The SMILES string of the molecule is CCCNC(=O)[C@@H](Cc1ccccc1)N(Cc1ccc(Cl)cc1)C(=O)CCCN(c1cc(C)ccc1C)S(C)(=O)=O. The monoisotopic (exact) mass is 597 g/mol. The number of rotatable bonds is 14. The molecule has 0 aliphatic carbocycles. The van der Waals surface area contributed by atoms with Gasteiger partial charge in [0, 0.05) is 37.5 Å². The van der Waals surface area contributed by atoms with Gasteiger partial charge >= 0.3 is 0 Å². The third-order valence-corrected chi connectivity index (χ3v) is 8.30. The lowest BCUT2D eigenvalue weighted by Gasteiger charge is -2.32. The first kappa shape index (κ1) is 32.2. The average Bonchev–Trinajstić information content (AvgIpc) is 2.94. The predicted octanol–water partition coefficient (Wildman–Crippen LogP) is 5.67. The van der Waals surface area contributed by atoms with Crippen LogP contribution in [-0.2, 0) is 32.6 Å². The summed E-state index contributed by atoms with van der Waals surface area (Å²) in [4.78, 5) is 28.9. The fourth-order valence-corrected chi connectivity index (χ4v) is 5.82. The van der Waals surface area contributed by atoms with Gasteiger partial charge in [-0.25, -0.2) is 8.42 Å². The van der Waals surface area contributed by atoms with E-state index in [1.54, 1.807) is 17.0 Å². The van der Waals surface area contributed by atoms with Crippen molar-refractivity contribution in [1.82, 2.24) is 10.2 Å². The topological polar surface area (TPSA) is 86.8 Å². The van der Waals surface area contributed by atoms with E-state index in [2.05, 4.69) is 5.32 Å². The number of hydrogen-bond donors (Lipinski definition) is 1. The number of aryl methyl sites for hydroxylation is 2. The highest BCUT2D eigenvalue weighted by Crippen LogP contribution is 2.25. The predicted molar refractivity (Wildman–Crippen MR) is 167 cm³/mol. The molecular formula is C32H40ClN3O4S. The second-order valence-corrected chi connectivity index (χ2v) is 12.7. The van der Waals surface area contributed by atoms with Crippen molar-refractivity contribution in [2.75, 3.05) is 23.7 Å². The van der Waals surface area contributed by atoms with Gasteiger partial charge in [-0.1, -0.05) is 73.1 Å². The molecule has 41 heavy (non-hydrogen) atoms. The van der Waals surface area contributed by atoms with Crippen LogP contribution in [0.5, 0.6) is 0 Å². The lowest BCUT2D eigenvalue weighted by atomic mass is 10.0. The van der Waals surface area contributed by atoms with Crippen LogP contribution >= 0.6 is 11.6 Å². The number of amides is 2. The van der Waals surface area contributed by atoms with Gasteiger partial charge in [0.15, 0.2) is 0 Å². The van der Waals surface area contributed by atoms with Gasteiger partial charge in [0.2, 0.25) is 21.8 Å². The first-order valence-electron chi connectivity index (χ1n) is 13.9.